The molecule has 0 bridgehead atoms. The number of halogens is 2. The maximum atomic E-state index is 14.1. The van der Waals surface area contributed by atoms with E-state index in [1.165, 1.54) is 6.07 Å². The molecule has 0 radical (unpaired) electrons. The summed E-state index contributed by atoms with van der Waals surface area (Å²) in [4.78, 5) is 14.5. The molecule has 1 heterocycles. The number of hydrogen-bond donors (Lipinski definition) is 1. The Kier molecular flexibility index (Phi) is 4.59. The lowest BCUT2D eigenvalue weighted by Crippen LogP contribution is -2.50. The van der Waals surface area contributed by atoms with Crippen molar-refractivity contribution >= 4 is 17.5 Å². The molecule has 2 atom stereocenters. The molecular weight excluding hydrogens is 293 g/mol. The third-order valence-corrected chi connectivity index (χ3v) is 4.52. The Morgan fingerprint density at radius 1 is 1.48 bits per heavy atom. The maximum absolute atomic E-state index is 14.1. The summed E-state index contributed by atoms with van der Waals surface area (Å²) in [6.07, 6.45) is 0.191. The van der Waals surface area contributed by atoms with E-state index in [4.69, 9.17) is 11.6 Å². The number of carbonyl (C=O) groups is 1. The zero-order valence-electron chi connectivity index (χ0n) is 12.6. The Bertz CT molecular complexity index is 547. The van der Waals surface area contributed by atoms with Gasteiger partial charge in [0.25, 0.3) is 0 Å². The average molecular weight is 314 g/mol. The number of nitrogens with zero attached hydrogens (tertiary/aromatic N) is 1. The Morgan fingerprint density at radius 3 is 2.71 bits per heavy atom. The highest BCUT2D eigenvalue weighted by Gasteiger charge is 2.38. The molecule has 1 aliphatic rings. The third kappa shape index (κ3) is 3.22. The van der Waals surface area contributed by atoms with Crippen molar-refractivity contribution in [1.82, 2.24) is 4.90 Å². The van der Waals surface area contributed by atoms with Gasteiger partial charge in [-0.2, -0.15) is 0 Å². The summed E-state index contributed by atoms with van der Waals surface area (Å²) in [6.45, 7) is 6.36. The molecule has 1 aromatic carbocycles. The minimum absolute atomic E-state index is 0.0357. The van der Waals surface area contributed by atoms with Gasteiger partial charge >= 0.3 is 0 Å². The number of rotatable bonds is 2. The van der Waals surface area contributed by atoms with Crippen molar-refractivity contribution in [2.45, 2.75) is 38.7 Å². The number of aliphatic hydroxyl groups is 1. The minimum atomic E-state index is -0.962. The van der Waals surface area contributed by atoms with E-state index in [0.717, 1.165) is 0 Å². The molecule has 1 aromatic rings. The molecule has 0 saturated carbocycles. The molecule has 5 heteroatoms. The Labute approximate surface area is 129 Å². The first-order chi connectivity index (χ1) is 9.73. The SMILES string of the molecule is C[C@@H]1CN(C(=O)C(C)(C)c2ccc(Cl)cc2F)CC[C@H]1O. The normalized spacial score (nSPS) is 23.2. The fourth-order valence-corrected chi connectivity index (χ4v) is 2.98. The smallest absolute Gasteiger partial charge is 0.232 e. The van der Waals surface area contributed by atoms with E-state index in [0.29, 0.717) is 30.1 Å². The van der Waals surface area contributed by atoms with Crippen LogP contribution in [0.2, 0.25) is 5.02 Å². The number of hydrogen-bond acceptors (Lipinski definition) is 2. The average Bonchev–Trinajstić information content (AvgIpc) is 2.40. The van der Waals surface area contributed by atoms with Gasteiger partial charge in [-0.05, 0) is 38.3 Å². The van der Waals surface area contributed by atoms with Gasteiger partial charge in [0.15, 0.2) is 0 Å². The summed E-state index contributed by atoms with van der Waals surface area (Å²) in [5, 5.41) is 10.1. The van der Waals surface area contributed by atoms with Crippen LogP contribution in [0.15, 0.2) is 18.2 Å². The van der Waals surface area contributed by atoms with Crippen molar-refractivity contribution in [3.63, 3.8) is 0 Å². The molecule has 1 aliphatic heterocycles. The lowest BCUT2D eigenvalue weighted by atomic mass is 9.81. The molecule has 1 saturated heterocycles. The molecule has 3 nitrogen and oxygen atoms in total. The van der Waals surface area contributed by atoms with Crippen LogP contribution < -0.4 is 0 Å². The summed E-state index contributed by atoms with van der Waals surface area (Å²) in [7, 11) is 0. The van der Waals surface area contributed by atoms with Gasteiger partial charge in [-0.1, -0.05) is 24.6 Å². The van der Waals surface area contributed by atoms with E-state index in [1.54, 1.807) is 30.9 Å². The second-order valence-electron chi connectivity index (χ2n) is 6.33. The minimum Gasteiger partial charge on any atom is -0.393 e. The van der Waals surface area contributed by atoms with Gasteiger partial charge in [0.2, 0.25) is 5.91 Å². The van der Waals surface area contributed by atoms with E-state index in [2.05, 4.69) is 0 Å². The van der Waals surface area contributed by atoms with Gasteiger partial charge in [0.1, 0.15) is 5.82 Å². The lowest BCUT2D eigenvalue weighted by Gasteiger charge is -2.39. The molecule has 0 aromatic heterocycles. The van der Waals surface area contributed by atoms with Crippen LogP contribution in [0.1, 0.15) is 32.8 Å². The van der Waals surface area contributed by atoms with Crippen molar-refractivity contribution in [2.24, 2.45) is 5.92 Å². The Balaban J connectivity index is 2.24. The van der Waals surface area contributed by atoms with Gasteiger partial charge in [-0.15, -0.1) is 0 Å². The largest absolute Gasteiger partial charge is 0.393 e. The monoisotopic (exact) mass is 313 g/mol. The zero-order chi connectivity index (χ0) is 15.8. The molecule has 2 rings (SSSR count). The third-order valence-electron chi connectivity index (χ3n) is 4.29. The van der Waals surface area contributed by atoms with Crippen molar-refractivity contribution in [2.75, 3.05) is 13.1 Å². The van der Waals surface area contributed by atoms with Crippen LogP contribution in [0, 0.1) is 11.7 Å². The molecule has 1 amide bonds. The van der Waals surface area contributed by atoms with E-state index >= 15 is 0 Å². The predicted octanol–water partition coefficient (Wildman–Crippen LogP) is 2.99. The first-order valence-electron chi connectivity index (χ1n) is 7.16. The van der Waals surface area contributed by atoms with Gasteiger partial charge in [-0.25, -0.2) is 4.39 Å². The fourth-order valence-electron chi connectivity index (χ4n) is 2.82. The molecule has 1 fully saturated rings. The van der Waals surface area contributed by atoms with Crippen LogP contribution in [-0.4, -0.2) is 35.1 Å². The Morgan fingerprint density at radius 2 is 2.14 bits per heavy atom. The van der Waals surface area contributed by atoms with Crippen LogP contribution in [0.3, 0.4) is 0 Å². The summed E-state index contributed by atoms with van der Waals surface area (Å²) >= 11 is 5.77. The highest BCUT2D eigenvalue weighted by atomic mass is 35.5. The molecule has 0 spiro atoms. The standard InChI is InChI=1S/C16H21ClFNO2/c1-10-9-19(7-6-14(10)20)15(21)16(2,3)12-5-4-11(17)8-13(12)18/h4-5,8,10,14,20H,6-7,9H2,1-3H3/t10-,14-/m1/s1. The van der Waals surface area contributed by atoms with E-state index < -0.39 is 11.2 Å². The molecule has 1 N–H and O–H groups in total. The topological polar surface area (TPSA) is 40.5 Å². The van der Waals surface area contributed by atoms with Crippen molar-refractivity contribution in [1.29, 1.82) is 0 Å². The van der Waals surface area contributed by atoms with Crippen LogP contribution in [0.25, 0.3) is 0 Å². The van der Waals surface area contributed by atoms with Crippen LogP contribution in [0.5, 0.6) is 0 Å². The number of aliphatic hydroxyl groups excluding tert-OH is 1. The number of likely N-dealkylation sites (tertiary alicyclic amines) is 1. The summed E-state index contributed by atoms with van der Waals surface area (Å²) in [5.41, 5.74) is -0.618. The number of piperidine rings is 1. The maximum Gasteiger partial charge on any atom is 0.232 e. The highest BCUT2D eigenvalue weighted by Crippen LogP contribution is 2.31. The number of carbonyl (C=O) groups excluding carboxylic acids is 1. The lowest BCUT2D eigenvalue weighted by molar-refractivity contribution is -0.140. The van der Waals surface area contributed by atoms with Crippen LogP contribution in [-0.2, 0) is 10.2 Å². The molecule has 116 valence electrons. The molecule has 21 heavy (non-hydrogen) atoms. The quantitative estimate of drug-likeness (QED) is 0.912. The fraction of sp³-hybridized carbons (Fsp3) is 0.562. The van der Waals surface area contributed by atoms with Crippen LogP contribution >= 0.6 is 11.6 Å². The molecular formula is C16H21ClFNO2. The first kappa shape index (κ1) is 16.2. The van der Waals surface area contributed by atoms with Gasteiger partial charge in [-0.3, -0.25) is 4.79 Å². The highest BCUT2D eigenvalue weighted by molar-refractivity contribution is 6.30. The summed E-state index contributed by atoms with van der Waals surface area (Å²) < 4.78 is 14.1. The predicted molar refractivity (Wildman–Crippen MR) is 80.8 cm³/mol. The van der Waals surface area contributed by atoms with Crippen molar-refractivity contribution in [3.8, 4) is 0 Å². The zero-order valence-corrected chi connectivity index (χ0v) is 13.3. The summed E-state index contributed by atoms with van der Waals surface area (Å²) in [5.74, 6) is -0.554. The second kappa shape index (κ2) is 5.93. The second-order valence-corrected chi connectivity index (χ2v) is 6.77. The number of amides is 1. The van der Waals surface area contributed by atoms with E-state index in [-0.39, 0.29) is 17.9 Å². The van der Waals surface area contributed by atoms with Gasteiger partial charge in [0, 0.05) is 23.7 Å². The van der Waals surface area contributed by atoms with Crippen LogP contribution in [0.4, 0.5) is 4.39 Å². The van der Waals surface area contributed by atoms with Gasteiger partial charge < -0.3 is 10.0 Å². The van der Waals surface area contributed by atoms with Crippen molar-refractivity contribution < 1.29 is 14.3 Å². The Hall–Kier alpha value is -1.13. The number of benzene rings is 1. The summed E-state index contributed by atoms with van der Waals surface area (Å²) in [6, 6.07) is 4.39. The molecule has 0 unspecified atom stereocenters. The van der Waals surface area contributed by atoms with Crippen molar-refractivity contribution in [3.05, 3.63) is 34.6 Å². The first-order valence-corrected chi connectivity index (χ1v) is 7.54. The molecule has 0 aliphatic carbocycles. The van der Waals surface area contributed by atoms with Gasteiger partial charge in [0.05, 0.1) is 11.5 Å². The van der Waals surface area contributed by atoms with E-state index in [9.17, 15) is 14.3 Å². The van der Waals surface area contributed by atoms with E-state index in [1.807, 2.05) is 6.92 Å².